The molecule has 1 aromatic heterocycles. The molecule has 1 heterocycles. The van der Waals surface area contributed by atoms with E-state index in [1.54, 1.807) is 24.3 Å². The van der Waals surface area contributed by atoms with E-state index in [1.165, 1.54) is 25.3 Å². The molecule has 0 saturated carbocycles. The van der Waals surface area contributed by atoms with Crippen LogP contribution in [0.4, 0.5) is 0 Å². The van der Waals surface area contributed by atoms with Crippen LogP contribution in [0.2, 0.25) is 0 Å². The number of carbonyl (C=O) groups excluding carboxylic acids is 1. The van der Waals surface area contributed by atoms with Crippen molar-refractivity contribution in [3.05, 3.63) is 47.7 Å². The number of nitrogens with one attached hydrogen (secondary N) is 1. The maximum atomic E-state index is 11.9. The van der Waals surface area contributed by atoms with Gasteiger partial charge in [0.1, 0.15) is 23.2 Å². The molecule has 142 valence electrons. The Bertz CT molecular complexity index is 966. The lowest BCUT2D eigenvalue weighted by Crippen LogP contribution is -2.18. The second kappa shape index (κ2) is 9.16. The minimum absolute atomic E-state index is 0.141. The third kappa shape index (κ3) is 5.29. The van der Waals surface area contributed by atoms with Crippen molar-refractivity contribution in [1.82, 2.24) is 4.72 Å². The van der Waals surface area contributed by atoms with Crippen molar-refractivity contribution >= 4 is 22.1 Å². The fourth-order valence-corrected chi connectivity index (χ4v) is 2.90. The summed E-state index contributed by atoms with van der Waals surface area (Å²) in [5.41, 5.74) is 0.510. The van der Waals surface area contributed by atoms with Crippen LogP contribution >= 0.6 is 0 Å². The molecule has 2 rings (SSSR count). The lowest BCUT2D eigenvalue weighted by atomic mass is 10.2. The topological polar surface area (TPSA) is 109 Å². The number of carbonyl (C=O) groups is 1. The lowest BCUT2D eigenvalue weighted by Gasteiger charge is -2.03. The molecule has 0 radical (unpaired) electrons. The highest BCUT2D eigenvalue weighted by Gasteiger charge is 2.14. The first-order chi connectivity index (χ1) is 12.9. The van der Waals surface area contributed by atoms with Crippen LogP contribution < -0.4 is 4.72 Å². The maximum Gasteiger partial charge on any atom is 0.349 e. The van der Waals surface area contributed by atoms with Crippen LogP contribution in [0.1, 0.15) is 25.5 Å². The van der Waals surface area contributed by atoms with Gasteiger partial charge in [0.15, 0.2) is 0 Å². The number of ether oxygens (including phenoxy) is 1. The van der Waals surface area contributed by atoms with Crippen LogP contribution in [0.3, 0.4) is 0 Å². The Morgan fingerprint density at radius 3 is 2.56 bits per heavy atom. The van der Waals surface area contributed by atoms with Crippen LogP contribution in [-0.2, 0) is 19.6 Å². The summed E-state index contributed by atoms with van der Waals surface area (Å²) in [5.74, 6) is 0.109. The first kappa shape index (κ1) is 20.4. The highest BCUT2D eigenvalue weighted by atomic mass is 32.2. The number of esters is 1. The summed E-state index contributed by atoms with van der Waals surface area (Å²) in [5, 5.41) is 9.14. The van der Waals surface area contributed by atoms with Gasteiger partial charge in [-0.15, -0.1) is 0 Å². The molecule has 27 heavy (non-hydrogen) atoms. The zero-order valence-corrected chi connectivity index (χ0v) is 15.9. The summed E-state index contributed by atoms with van der Waals surface area (Å²) in [7, 11) is -2.17. The molecule has 0 fully saturated rings. The van der Waals surface area contributed by atoms with Crippen molar-refractivity contribution in [2.75, 3.05) is 13.7 Å². The third-order valence-electron chi connectivity index (χ3n) is 3.70. The van der Waals surface area contributed by atoms with Crippen LogP contribution in [0.15, 0.2) is 51.3 Å². The number of rotatable bonds is 8. The molecule has 7 nitrogen and oxygen atoms in total. The van der Waals surface area contributed by atoms with E-state index in [-0.39, 0.29) is 17.1 Å². The summed E-state index contributed by atoms with van der Waals surface area (Å²) in [6.07, 6.45) is 2.93. The molecule has 0 aliphatic carbocycles. The molecule has 0 aliphatic rings. The fourth-order valence-electron chi connectivity index (χ4n) is 2.17. The molecule has 0 bridgehead atoms. The van der Waals surface area contributed by atoms with E-state index in [4.69, 9.17) is 14.4 Å². The number of nitriles is 1. The Balaban J connectivity index is 2.18. The van der Waals surface area contributed by atoms with E-state index in [0.29, 0.717) is 17.1 Å². The van der Waals surface area contributed by atoms with Gasteiger partial charge in [-0.2, -0.15) is 5.26 Å². The highest BCUT2D eigenvalue weighted by molar-refractivity contribution is 7.89. The molecule has 0 saturated heterocycles. The van der Waals surface area contributed by atoms with Crippen molar-refractivity contribution in [3.63, 3.8) is 0 Å². The maximum absolute atomic E-state index is 11.9. The zero-order valence-electron chi connectivity index (χ0n) is 15.1. The smallest absolute Gasteiger partial charge is 0.349 e. The second-order valence-corrected chi connectivity index (χ2v) is 7.48. The van der Waals surface area contributed by atoms with E-state index >= 15 is 0 Å². The number of sulfonamides is 1. The quantitative estimate of drug-likeness (QED) is 0.322. The Morgan fingerprint density at radius 1 is 1.26 bits per heavy atom. The number of hydrogen-bond donors (Lipinski definition) is 1. The van der Waals surface area contributed by atoms with Crippen molar-refractivity contribution in [3.8, 4) is 17.4 Å². The molecule has 0 aliphatic heterocycles. The van der Waals surface area contributed by atoms with Crippen molar-refractivity contribution in [2.45, 2.75) is 24.7 Å². The Hall–Kier alpha value is -2.89. The van der Waals surface area contributed by atoms with E-state index in [1.807, 2.05) is 13.0 Å². The standard InChI is InChI=1S/C19H20N2O5S/c1-3-4-11-25-19(22)15(13-20)12-16-7-10-18(26-16)14-5-8-17(9-6-14)27(23,24)21-2/h5-10,12,21H,3-4,11H2,1-2H3. The van der Waals surface area contributed by atoms with Crippen LogP contribution in [0.25, 0.3) is 17.4 Å². The van der Waals surface area contributed by atoms with Gasteiger partial charge >= 0.3 is 5.97 Å². The predicted molar refractivity (Wildman–Crippen MR) is 99.8 cm³/mol. The summed E-state index contributed by atoms with van der Waals surface area (Å²) in [6, 6.07) is 11.2. The lowest BCUT2D eigenvalue weighted by molar-refractivity contribution is -0.138. The van der Waals surface area contributed by atoms with Crippen molar-refractivity contribution in [2.24, 2.45) is 0 Å². The van der Waals surface area contributed by atoms with Gasteiger partial charge in [-0.05, 0) is 49.9 Å². The van der Waals surface area contributed by atoms with Gasteiger partial charge in [-0.25, -0.2) is 17.9 Å². The summed E-state index contributed by atoms with van der Waals surface area (Å²) in [4.78, 5) is 12.0. The number of furan rings is 1. The van der Waals surface area contributed by atoms with E-state index in [2.05, 4.69) is 4.72 Å². The molecular weight excluding hydrogens is 368 g/mol. The van der Waals surface area contributed by atoms with Crippen LogP contribution in [0, 0.1) is 11.3 Å². The second-order valence-electron chi connectivity index (χ2n) is 5.59. The van der Waals surface area contributed by atoms with Crippen molar-refractivity contribution in [1.29, 1.82) is 5.26 Å². The molecule has 0 amide bonds. The number of hydrogen-bond acceptors (Lipinski definition) is 6. The third-order valence-corrected chi connectivity index (χ3v) is 5.13. The first-order valence-electron chi connectivity index (χ1n) is 8.34. The first-order valence-corrected chi connectivity index (χ1v) is 9.82. The molecule has 1 aromatic carbocycles. The average molecular weight is 388 g/mol. The Morgan fingerprint density at radius 2 is 1.96 bits per heavy atom. The molecule has 1 N–H and O–H groups in total. The van der Waals surface area contributed by atoms with E-state index < -0.39 is 16.0 Å². The molecule has 0 spiro atoms. The predicted octanol–water partition coefficient (Wildman–Crippen LogP) is 3.10. The fraction of sp³-hybridized carbons (Fsp3) is 0.263. The van der Waals surface area contributed by atoms with Crippen LogP contribution in [-0.4, -0.2) is 28.0 Å². The number of unbranched alkanes of at least 4 members (excludes halogenated alkanes) is 1. The van der Waals surface area contributed by atoms with Gasteiger partial charge in [-0.3, -0.25) is 0 Å². The molecule has 0 atom stereocenters. The highest BCUT2D eigenvalue weighted by Crippen LogP contribution is 2.25. The SMILES string of the molecule is CCCCOC(=O)C(C#N)=Cc1ccc(-c2ccc(S(=O)(=O)NC)cc2)o1. The number of nitrogens with zero attached hydrogens (tertiary/aromatic N) is 1. The molecule has 2 aromatic rings. The minimum Gasteiger partial charge on any atom is -0.462 e. The van der Waals surface area contributed by atoms with Gasteiger partial charge in [0.25, 0.3) is 0 Å². The molecular formula is C19H20N2O5S. The van der Waals surface area contributed by atoms with E-state index in [9.17, 15) is 13.2 Å². The average Bonchev–Trinajstić information content (AvgIpc) is 3.15. The van der Waals surface area contributed by atoms with Gasteiger partial charge in [-0.1, -0.05) is 13.3 Å². The van der Waals surface area contributed by atoms with Gasteiger partial charge in [0.2, 0.25) is 10.0 Å². The van der Waals surface area contributed by atoms with Crippen LogP contribution in [0.5, 0.6) is 0 Å². The summed E-state index contributed by atoms with van der Waals surface area (Å²) < 4.78 is 36.4. The summed E-state index contributed by atoms with van der Waals surface area (Å²) >= 11 is 0. The zero-order chi connectivity index (χ0) is 19.9. The van der Waals surface area contributed by atoms with Gasteiger partial charge in [0.05, 0.1) is 11.5 Å². The van der Waals surface area contributed by atoms with Crippen molar-refractivity contribution < 1.29 is 22.4 Å². The van der Waals surface area contributed by atoms with Gasteiger partial charge < -0.3 is 9.15 Å². The number of benzene rings is 1. The Kier molecular flexibility index (Phi) is 6.93. The summed E-state index contributed by atoms with van der Waals surface area (Å²) in [6.45, 7) is 2.24. The largest absolute Gasteiger partial charge is 0.462 e. The Labute approximate surface area is 158 Å². The van der Waals surface area contributed by atoms with Gasteiger partial charge in [0, 0.05) is 11.6 Å². The minimum atomic E-state index is -3.51. The molecule has 0 unspecified atom stereocenters. The normalized spacial score (nSPS) is 11.8. The molecule has 8 heteroatoms. The monoisotopic (exact) mass is 388 g/mol. The van der Waals surface area contributed by atoms with E-state index in [0.717, 1.165) is 12.8 Å².